The largest absolute Gasteiger partial charge is 0.489 e. The summed E-state index contributed by atoms with van der Waals surface area (Å²) in [6, 6.07) is 11.7. The van der Waals surface area contributed by atoms with Crippen LogP contribution in [0.15, 0.2) is 42.5 Å². The molecule has 0 fully saturated rings. The first-order valence-electron chi connectivity index (χ1n) is 6.05. The molecule has 0 spiro atoms. The Morgan fingerprint density at radius 2 is 1.95 bits per heavy atom. The summed E-state index contributed by atoms with van der Waals surface area (Å²) >= 11 is 0. The average Bonchev–Trinajstić information content (AvgIpc) is 2.39. The van der Waals surface area contributed by atoms with E-state index in [1.807, 2.05) is 6.92 Å². The summed E-state index contributed by atoms with van der Waals surface area (Å²) in [4.78, 5) is 11.2. The minimum absolute atomic E-state index is 0.0174. The molecule has 2 rings (SSSR count). The SMILES string of the molecule is CC(=O)c1ccc(OCc2ccccc2F)c(C)c1. The highest BCUT2D eigenvalue weighted by Crippen LogP contribution is 2.21. The van der Waals surface area contributed by atoms with Gasteiger partial charge in [-0.3, -0.25) is 4.79 Å². The number of aryl methyl sites for hydroxylation is 1. The number of Topliss-reactive ketones (excluding diaryl/α,β-unsaturated/α-hetero) is 1. The number of halogens is 1. The van der Waals surface area contributed by atoms with Crippen LogP contribution in [0.5, 0.6) is 5.75 Å². The second kappa shape index (κ2) is 5.65. The number of benzene rings is 2. The van der Waals surface area contributed by atoms with E-state index < -0.39 is 0 Å². The van der Waals surface area contributed by atoms with Crippen LogP contribution < -0.4 is 4.74 Å². The van der Waals surface area contributed by atoms with Gasteiger partial charge in [-0.2, -0.15) is 0 Å². The second-order valence-electron chi connectivity index (χ2n) is 4.42. The number of carbonyl (C=O) groups excluding carboxylic acids is 1. The van der Waals surface area contributed by atoms with Crippen molar-refractivity contribution in [3.8, 4) is 5.75 Å². The van der Waals surface area contributed by atoms with Gasteiger partial charge in [0, 0.05) is 11.1 Å². The van der Waals surface area contributed by atoms with E-state index in [9.17, 15) is 9.18 Å². The molecular weight excluding hydrogens is 243 g/mol. The van der Waals surface area contributed by atoms with Crippen molar-refractivity contribution in [1.29, 1.82) is 0 Å². The molecule has 19 heavy (non-hydrogen) atoms. The zero-order valence-corrected chi connectivity index (χ0v) is 10.9. The molecule has 2 aromatic carbocycles. The summed E-state index contributed by atoms with van der Waals surface area (Å²) in [5.74, 6) is 0.400. The van der Waals surface area contributed by atoms with Crippen LogP contribution in [-0.4, -0.2) is 5.78 Å². The first-order valence-corrected chi connectivity index (χ1v) is 6.05. The summed E-state index contributed by atoms with van der Waals surface area (Å²) < 4.78 is 19.0. The maximum atomic E-state index is 13.4. The predicted octanol–water partition coefficient (Wildman–Crippen LogP) is 3.92. The molecule has 0 heterocycles. The second-order valence-corrected chi connectivity index (χ2v) is 4.42. The Morgan fingerprint density at radius 3 is 2.58 bits per heavy atom. The highest BCUT2D eigenvalue weighted by atomic mass is 19.1. The van der Waals surface area contributed by atoms with Gasteiger partial charge in [-0.05, 0) is 43.7 Å². The molecule has 0 amide bonds. The van der Waals surface area contributed by atoms with Gasteiger partial charge < -0.3 is 4.74 Å². The van der Waals surface area contributed by atoms with E-state index in [-0.39, 0.29) is 18.2 Å². The molecule has 3 heteroatoms. The first-order chi connectivity index (χ1) is 9.08. The maximum absolute atomic E-state index is 13.4. The number of ketones is 1. The molecule has 0 bridgehead atoms. The van der Waals surface area contributed by atoms with Gasteiger partial charge in [0.25, 0.3) is 0 Å². The van der Waals surface area contributed by atoms with Gasteiger partial charge in [-0.15, -0.1) is 0 Å². The predicted molar refractivity (Wildman–Crippen MR) is 71.9 cm³/mol. The van der Waals surface area contributed by atoms with Crippen molar-refractivity contribution in [2.45, 2.75) is 20.5 Å². The van der Waals surface area contributed by atoms with E-state index in [4.69, 9.17) is 4.74 Å². The monoisotopic (exact) mass is 258 g/mol. The smallest absolute Gasteiger partial charge is 0.159 e. The lowest BCUT2D eigenvalue weighted by Gasteiger charge is -2.10. The fourth-order valence-corrected chi connectivity index (χ4v) is 1.80. The average molecular weight is 258 g/mol. The molecule has 0 atom stereocenters. The van der Waals surface area contributed by atoms with Crippen LogP contribution in [0.4, 0.5) is 4.39 Å². The molecule has 0 aliphatic heterocycles. The van der Waals surface area contributed by atoms with Gasteiger partial charge in [-0.25, -0.2) is 4.39 Å². The molecule has 2 nitrogen and oxygen atoms in total. The standard InChI is InChI=1S/C16H15FO2/c1-11-9-13(12(2)18)7-8-16(11)19-10-14-5-3-4-6-15(14)17/h3-9H,10H2,1-2H3. The van der Waals surface area contributed by atoms with Crippen LogP contribution >= 0.6 is 0 Å². The van der Waals surface area contributed by atoms with Crippen LogP contribution in [0.25, 0.3) is 0 Å². The van der Waals surface area contributed by atoms with Crippen molar-refractivity contribution in [2.24, 2.45) is 0 Å². The molecule has 0 aromatic heterocycles. The quantitative estimate of drug-likeness (QED) is 0.777. The van der Waals surface area contributed by atoms with Gasteiger partial charge in [0.2, 0.25) is 0 Å². The number of hydrogen-bond donors (Lipinski definition) is 0. The van der Waals surface area contributed by atoms with Gasteiger partial charge in [0.15, 0.2) is 5.78 Å². The first kappa shape index (κ1) is 13.3. The van der Waals surface area contributed by atoms with Crippen molar-refractivity contribution in [1.82, 2.24) is 0 Å². The van der Waals surface area contributed by atoms with Crippen LogP contribution in [0.3, 0.4) is 0 Å². The number of carbonyl (C=O) groups is 1. The Hall–Kier alpha value is -2.16. The Balaban J connectivity index is 2.12. The maximum Gasteiger partial charge on any atom is 0.159 e. The summed E-state index contributed by atoms with van der Waals surface area (Å²) in [5.41, 5.74) is 2.03. The van der Waals surface area contributed by atoms with Gasteiger partial charge in [0.1, 0.15) is 18.2 Å². The van der Waals surface area contributed by atoms with Crippen LogP contribution in [0.2, 0.25) is 0 Å². The van der Waals surface area contributed by atoms with E-state index in [0.29, 0.717) is 16.9 Å². The molecule has 0 aliphatic carbocycles. The van der Waals surface area contributed by atoms with E-state index in [1.54, 1.807) is 36.4 Å². The van der Waals surface area contributed by atoms with Crippen LogP contribution in [0, 0.1) is 12.7 Å². The lowest BCUT2D eigenvalue weighted by Crippen LogP contribution is -2.00. The van der Waals surface area contributed by atoms with Crippen molar-refractivity contribution in [2.75, 3.05) is 0 Å². The summed E-state index contributed by atoms with van der Waals surface area (Å²) in [6.45, 7) is 3.56. The normalized spacial score (nSPS) is 10.3. The number of ether oxygens (including phenoxy) is 1. The Bertz CT molecular complexity index is 605. The molecule has 2 aromatic rings. The van der Waals surface area contributed by atoms with Gasteiger partial charge in [-0.1, -0.05) is 18.2 Å². The summed E-state index contributed by atoms with van der Waals surface area (Å²) in [7, 11) is 0. The van der Waals surface area contributed by atoms with Crippen molar-refractivity contribution in [3.05, 3.63) is 65.0 Å². The van der Waals surface area contributed by atoms with Crippen molar-refractivity contribution >= 4 is 5.78 Å². The minimum atomic E-state index is -0.277. The molecule has 0 saturated carbocycles. The zero-order valence-electron chi connectivity index (χ0n) is 10.9. The highest BCUT2D eigenvalue weighted by molar-refractivity contribution is 5.94. The Morgan fingerprint density at radius 1 is 1.21 bits per heavy atom. The molecule has 98 valence electrons. The number of rotatable bonds is 4. The van der Waals surface area contributed by atoms with Crippen molar-refractivity contribution < 1.29 is 13.9 Å². The zero-order chi connectivity index (χ0) is 13.8. The summed E-state index contributed by atoms with van der Waals surface area (Å²) in [5, 5.41) is 0. The van der Waals surface area contributed by atoms with E-state index in [1.165, 1.54) is 13.0 Å². The van der Waals surface area contributed by atoms with Crippen LogP contribution in [0.1, 0.15) is 28.4 Å². The summed E-state index contributed by atoms with van der Waals surface area (Å²) in [6.07, 6.45) is 0. The Labute approximate surface area is 111 Å². The number of hydrogen-bond acceptors (Lipinski definition) is 2. The fraction of sp³-hybridized carbons (Fsp3) is 0.188. The topological polar surface area (TPSA) is 26.3 Å². The molecule has 0 aliphatic rings. The van der Waals surface area contributed by atoms with E-state index in [2.05, 4.69) is 0 Å². The van der Waals surface area contributed by atoms with Gasteiger partial charge in [0.05, 0.1) is 0 Å². The lowest BCUT2D eigenvalue weighted by molar-refractivity contribution is 0.101. The van der Waals surface area contributed by atoms with E-state index >= 15 is 0 Å². The third-order valence-corrected chi connectivity index (χ3v) is 2.92. The van der Waals surface area contributed by atoms with Crippen LogP contribution in [-0.2, 0) is 6.61 Å². The molecular formula is C16H15FO2. The third-order valence-electron chi connectivity index (χ3n) is 2.92. The third kappa shape index (κ3) is 3.19. The fourth-order valence-electron chi connectivity index (χ4n) is 1.80. The Kier molecular flexibility index (Phi) is 3.95. The molecule has 0 N–H and O–H groups in total. The molecule has 0 unspecified atom stereocenters. The van der Waals surface area contributed by atoms with E-state index in [0.717, 1.165) is 5.56 Å². The lowest BCUT2D eigenvalue weighted by atomic mass is 10.1. The van der Waals surface area contributed by atoms with Gasteiger partial charge >= 0.3 is 0 Å². The van der Waals surface area contributed by atoms with Crippen molar-refractivity contribution in [3.63, 3.8) is 0 Å². The highest BCUT2D eigenvalue weighted by Gasteiger charge is 2.06. The molecule has 0 radical (unpaired) electrons. The molecule has 0 saturated heterocycles. The minimum Gasteiger partial charge on any atom is -0.489 e.